The Bertz CT molecular complexity index is 1110. The molecule has 0 aromatic carbocycles. The summed E-state index contributed by atoms with van der Waals surface area (Å²) in [5, 5.41) is 20.4. The van der Waals surface area contributed by atoms with Gasteiger partial charge in [0, 0.05) is 49.8 Å². The third-order valence-corrected chi connectivity index (χ3v) is 9.32. The average Bonchev–Trinajstić information content (AvgIpc) is 3.46. The molecule has 194 valence electrons. The number of rotatable bonds is 5. The van der Waals surface area contributed by atoms with Gasteiger partial charge in [-0.2, -0.15) is 0 Å². The van der Waals surface area contributed by atoms with Crippen LogP contribution in [0.4, 0.5) is 11.6 Å². The molecule has 4 N–H and O–H groups in total. The van der Waals surface area contributed by atoms with Crippen LogP contribution in [0.1, 0.15) is 31.9 Å². The Morgan fingerprint density at radius 3 is 2.78 bits per heavy atom. The summed E-state index contributed by atoms with van der Waals surface area (Å²) < 4.78 is 12.0. The summed E-state index contributed by atoms with van der Waals surface area (Å²) in [6.07, 6.45) is 6.45. The van der Waals surface area contributed by atoms with Crippen molar-refractivity contribution in [1.82, 2.24) is 15.0 Å². The van der Waals surface area contributed by atoms with Crippen LogP contribution in [-0.2, 0) is 11.3 Å². The molecule has 3 saturated heterocycles. The second kappa shape index (κ2) is 9.60. The van der Waals surface area contributed by atoms with E-state index < -0.39 is 0 Å². The molecule has 0 saturated carbocycles. The van der Waals surface area contributed by atoms with Crippen molar-refractivity contribution in [3.05, 3.63) is 24.2 Å². The van der Waals surface area contributed by atoms with Crippen LogP contribution in [0.5, 0.6) is 5.75 Å². The standard InChI is InChI=1S/C25H34N6O4S/c1-15-22(26)25(14-35-15)3-6-30(7-4-25)23-18(12-33)29-20(9-28-23)36-19-2-5-27-24-21(19)34-13-17-8-16(11-32)10-31(17)24/h2,5,9,15-17,22,32-33H,3-4,6-8,10-14,26H2,1H3/t15-,16-,17-,22?/m0/s1. The Balaban J connectivity index is 1.19. The Hall–Kier alpha value is -2.18. The van der Waals surface area contributed by atoms with Gasteiger partial charge < -0.3 is 35.2 Å². The van der Waals surface area contributed by atoms with Gasteiger partial charge in [0.25, 0.3) is 0 Å². The van der Waals surface area contributed by atoms with E-state index in [4.69, 9.17) is 25.2 Å². The summed E-state index contributed by atoms with van der Waals surface area (Å²) in [7, 11) is 0. The van der Waals surface area contributed by atoms with Crippen LogP contribution >= 0.6 is 11.8 Å². The van der Waals surface area contributed by atoms with Crippen molar-refractivity contribution >= 4 is 23.4 Å². The molecule has 2 aromatic heterocycles. The van der Waals surface area contributed by atoms with Gasteiger partial charge in [0.2, 0.25) is 0 Å². The summed E-state index contributed by atoms with van der Waals surface area (Å²) >= 11 is 1.47. The van der Waals surface area contributed by atoms with E-state index in [1.54, 1.807) is 12.4 Å². The summed E-state index contributed by atoms with van der Waals surface area (Å²) in [6.45, 7) is 5.77. The SMILES string of the molecule is C[C@@H]1OCC2(CCN(c3ncc(Sc4ccnc5c4OC[C@@H]4C[C@H](CO)CN54)nc3CO)CC2)C1N. The number of aliphatic hydroxyl groups is 2. The van der Waals surface area contributed by atoms with Crippen molar-refractivity contribution in [2.45, 2.75) is 60.9 Å². The fourth-order valence-electron chi connectivity index (χ4n) is 6.16. The molecule has 2 aromatic rings. The second-order valence-electron chi connectivity index (χ2n) is 10.5. The minimum absolute atomic E-state index is 0.0322. The lowest BCUT2D eigenvalue weighted by Crippen LogP contribution is -2.51. The molecule has 1 unspecified atom stereocenters. The number of nitrogens with zero attached hydrogens (tertiary/aromatic N) is 5. The van der Waals surface area contributed by atoms with Crippen LogP contribution in [-0.4, -0.2) is 82.8 Å². The Morgan fingerprint density at radius 1 is 1.22 bits per heavy atom. The third-order valence-electron chi connectivity index (χ3n) is 8.37. The minimum Gasteiger partial charge on any atom is -0.486 e. The summed E-state index contributed by atoms with van der Waals surface area (Å²) in [4.78, 5) is 19.4. The second-order valence-corrected chi connectivity index (χ2v) is 11.6. The van der Waals surface area contributed by atoms with Crippen molar-refractivity contribution in [3.63, 3.8) is 0 Å². The molecule has 0 aliphatic carbocycles. The van der Waals surface area contributed by atoms with E-state index >= 15 is 0 Å². The van der Waals surface area contributed by atoms with Crippen LogP contribution in [0, 0.1) is 11.3 Å². The van der Waals surface area contributed by atoms with Crippen LogP contribution in [0.25, 0.3) is 0 Å². The zero-order valence-corrected chi connectivity index (χ0v) is 21.4. The lowest BCUT2D eigenvalue weighted by atomic mass is 9.73. The molecule has 4 atom stereocenters. The number of hydrogen-bond acceptors (Lipinski definition) is 11. The van der Waals surface area contributed by atoms with Gasteiger partial charge in [-0.3, -0.25) is 0 Å². The molecule has 6 heterocycles. The van der Waals surface area contributed by atoms with Gasteiger partial charge in [0.1, 0.15) is 17.3 Å². The zero-order valence-electron chi connectivity index (χ0n) is 20.5. The van der Waals surface area contributed by atoms with Gasteiger partial charge in [-0.1, -0.05) is 11.8 Å². The van der Waals surface area contributed by atoms with E-state index in [2.05, 4.69) is 21.7 Å². The van der Waals surface area contributed by atoms with E-state index in [9.17, 15) is 10.2 Å². The lowest BCUT2D eigenvalue weighted by Gasteiger charge is -2.41. The average molecular weight is 515 g/mol. The van der Waals surface area contributed by atoms with Crippen molar-refractivity contribution in [2.75, 3.05) is 49.3 Å². The third kappa shape index (κ3) is 4.10. The number of ether oxygens (including phenoxy) is 2. The largest absolute Gasteiger partial charge is 0.486 e. The normalized spacial score (nSPS) is 28.8. The number of pyridine rings is 1. The molecule has 36 heavy (non-hydrogen) atoms. The first-order valence-electron chi connectivity index (χ1n) is 12.8. The van der Waals surface area contributed by atoms with Gasteiger partial charge >= 0.3 is 0 Å². The van der Waals surface area contributed by atoms with Gasteiger partial charge in [0.15, 0.2) is 17.4 Å². The Morgan fingerprint density at radius 2 is 2.06 bits per heavy atom. The molecular weight excluding hydrogens is 480 g/mol. The maximum absolute atomic E-state index is 10.1. The van der Waals surface area contributed by atoms with E-state index in [-0.39, 0.29) is 42.7 Å². The Labute approximate surface area is 215 Å². The monoisotopic (exact) mass is 514 g/mol. The molecule has 0 bridgehead atoms. The topological polar surface area (TPSA) is 130 Å². The zero-order chi connectivity index (χ0) is 24.9. The quantitative estimate of drug-likeness (QED) is 0.536. The van der Waals surface area contributed by atoms with Gasteiger partial charge in [0.05, 0.1) is 36.5 Å². The molecule has 4 aliphatic heterocycles. The highest BCUT2D eigenvalue weighted by Crippen LogP contribution is 2.45. The fraction of sp³-hybridized carbons (Fsp3) is 0.640. The molecule has 6 rings (SSSR count). The first-order chi connectivity index (χ1) is 17.5. The van der Waals surface area contributed by atoms with Gasteiger partial charge in [-0.25, -0.2) is 15.0 Å². The lowest BCUT2D eigenvalue weighted by molar-refractivity contribution is 0.0973. The van der Waals surface area contributed by atoms with E-state index in [0.29, 0.717) is 23.9 Å². The number of nitrogens with two attached hydrogens (primary N) is 1. The van der Waals surface area contributed by atoms with Crippen LogP contribution in [0.15, 0.2) is 28.4 Å². The molecule has 0 radical (unpaired) electrons. The van der Waals surface area contributed by atoms with Crippen LogP contribution in [0.2, 0.25) is 0 Å². The molecule has 0 amide bonds. The first kappa shape index (κ1) is 24.2. The van der Waals surface area contributed by atoms with E-state index in [1.807, 2.05) is 6.07 Å². The summed E-state index contributed by atoms with van der Waals surface area (Å²) in [5.74, 6) is 2.56. The smallest absolute Gasteiger partial charge is 0.175 e. The number of anilines is 2. The number of piperidine rings is 1. The van der Waals surface area contributed by atoms with Crippen molar-refractivity contribution in [1.29, 1.82) is 0 Å². The molecule has 10 nitrogen and oxygen atoms in total. The van der Waals surface area contributed by atoms with Gasteiger partial charge in [-0.05, 0) is 32.3 Å². The number of aliphatic hydroxyl groups excluding tert-OH is 2. The highest BCUT2D eigenvalue weighted by atomic mass is 32.2. The maximum atomic E-state index is 10.1. The minimum atomic E-state index is -0.180. The predicted molar refractivity (Wildman–Crippen MR) is 135 cm³/mol. The maximum Gasteiger partial charge on any atom is 0.175 e. The number of hydrogen-bond donors (Lipinski definition) is 3. The van der Waals surface area contributed by atoms with Crippen LogP contribution < -0.4 is 20.3 Å². The molecule has 11 heteroatoms. The Kier molecular flexibility index (Phi) is 6.45. The summed E-state index contributed by atoms with van der Waals surface area (Å²) in [6, 6.07) is 2.23. The molecule has 4 aliphatic rings. The van der Waals surface area contributed by atoms with Crippen molar-refractivity contribution < 1.29 is 19.7 Å². The van der Waals surface area contributed by atoms with Crippen molar-refractivity contribution in [2.24, 2.45) is 17.1 Å². The fourth-order valence-corrected chi connectivity index (χ4v) is 7.01. The van der Waals surface area contributed by atoms with Crippen LogP contribution in [0.3, 0.4) is 0 Å². The number of fused-ring (bicyclic) bond motifs is 3. The van der Waals surface area contributed by atoms with E-state index in [1.165, 1.54) is 11.8 Å². The highest BCUT2D eigenvalue weighted by Gasteiger charge is 2.47. The summed E-state index contributed by atoms with van der Waals surface area (Å²) in [5.41, 5.74) is 7.08. The molecule has 1 spiro atoms. The van der Waals surface area contributed by atoms with E-state index in [0.717, 1.165) is 61.2 Å². The molecular formula is C25H34N6O4S. The first-order valence-corrected chi connectivity index (χ1v) is 13.6. The highest BCUT2D eigenvalue weighted by molar-refractivity contribution is 7.99. The molecule has 3 fully saturated rings. The van der Waals surface area contributed by atoms with Crippen molar-refractivity contribution in [3.8, 4) is 5.75 Å². The number of aromatic nitrogens is 3. The predicted octanol–water partition coefficient (Wildman–Crippen LogP) is 1.43. The van der Waals surface area contributed by atoms with Gasteiger partial charge in [-0.15, -0.1) is 0 Å².